The Bertz CT molecular complexity index is 600. The molecule has 2 heterocycles. The monoisotopic (exact) mass is 345 g/mol. The third-order valence-corrected chi connectivity index (χ3v) is 4.93. The maximum absolute atomic E-state index is 14.1. The first-order valence-electron chi connectivity index (χ1n) is 7.15. The van der Waals surface area contributed by atoms with Gasteiger partial charge >= 0.3 is 0 Å². The number of rotatable bonds is 2. The van der Waals surface area contributed by atoms with E-state index < -0.39 is 6.10 Å². The van der Waals surface area contributed by atoms with Gasteiger partial charge in [0.25, 0.3) is 5.17 Å². The second-order valence-electron chi connectivity index (χ2n) is 5.62. The number of hydrogen-bond donors (Lipinski definition) is 1. The van der Waals surface area contributed by atoms with Crippen LogP contribution in [0, 0.1) is 12.7 Å². The Morgan fingerprint density at radius 2 is 2.36 bits per heavy atom. The van der Waals surface area contributed by atoms with Crippen LogP contribution in [0.3, 0.4) is 0 Å². The Hall–Kier alpha value is -0.950. The van der Waals surface area contributed by atoms with Crippen LogP contribution in [0.2, 0.25) is 5.02 Å². The van der Waals surface area contributed by atoms with Crippen molar-refractivity contribution in [2.75, 3.05) is 13.2 Å². The van der Waals surface area contributed by atoms with Gasteiger partial charge in [-0.1, -0.05) is 17.7 Å². The fourth-order valence-electron chi connectivity index (χ4n) is 3.02. The van der Waals surface area contributed by atoms with Crippen molar-refractivity contribution in [3.8, 4) is 0 Å². The lowest BCUT2D eigenvalue weighted by Crippen LogP contribution is -2.44. The molecule has 0 amide bonds. The van der Waals surface area contributed by atoms with E-state index in [0.717, 1.165) is 6.42 Å². The fraction of sp³-hybridized carbons (Fsp3) is 0.533. The van der Waals surface area contributed by atoms with E-state index >= 15 is 0 Å². The van der Waals surface area contributed by atoms with Gasteiger partial charge in [0.15, 0.2) is 0 Å². The summed E-state index contributed by atoms with van der Waals surface area (Å²) < 4.78 is 25.1. The number of ether oxygens (including phenoxy) is 2. The summed E-state index contributed by atoms with van der Waals surface area (Å²) in [4.78, 5) is 1.82. The highest BCUT2D eigenvalue weighted by Crippen LogP contribution is 2.30. The zero-order valence-electron chi connectivity index (χ0n) is 12.1. The highest BCUT2D eigenvalue weighted by Gasteiger charge is 2.46. The third kappa shape index (κ3) is 2.80. The van der Waals surface area contributed by atoms with Gasteiger partial charge in [-0.15, -0.1) is 0 Å². The molecule has 2 saturated heterocycles. The quantitative estimate of drug-likeness (QED) is 0.834. The summed E-state index contributed by atoms with van der Waals surface area (Å²) in [6, 6.07) is 3.09. The van der Waals surface area contributed by atoms with Gasteiger partial charge in [0.05, 0.1) is 23.8 Å². The molecule has 0 saturated carbocycles. The van der Waals surface area contributed by atoms with Gasteiger partial charge in [-0.25, -0.2) is 4.39 Å². The molecule has 0 aliphatic carbocycles. The SMILES string of the molecule is Cc1ccc(Cl)c(COC(=S)N2CCC3OCC(O)C32)c1F. The van der Waals surface area contributed by atoms with E-state index in [9.17, 15) is 9.50 Å². The number of likely N-dealkylation sites (tertiary alicyclic amines) is 1. The van der Waals surface area contributed by atoms with Crippen molar-refractivity contribution in [2.45, 2.75) is 38.2 Å². The molecule has 2 fully saturated rings. The fourth-order valence-corrected chi connectivity index (χ4v) is 3.49. The smallest absolute Gasteiger partial charge is 0.260 e. The average Bonchev–Trinajstić information content (AvgIpc) is 3.06. The minimum Gasteiger partial charge on any atom is -0.466 e. The molecule has 4 nitrogen and oxygen atoms in total. The minimum atomic E-state index is -0.576. The maximum atomic E-state index is 14.1. The molecule has 1 aromatic carbocycles. The van der Waals surface area contributed by atoms with E-state index in [1.54, 1.807) is 19.1 Å². The number of fused-ring (bicyclic) bond motifs is 1. The van der Waals surface area contributed by atoms with Crippen molar-refractivity contribution in [1.29, 1.82) is 0 Å². The highest BCUT2D eigenvalue weighted by atomic mass is 35.5. The summed E-state index contributed by atoms with van der Waals surface area (Å²) in [6.45, 7) is 2.61. The molecule has 120 valence electrons. The molecular formula is C15H17ClFNO3S. The first kappa shape index (κ1) is 15.9. The predicted molar refractivity (Wildman–Crippen MR) is 84.4 cm³/mol. The molecule has 1 aromatic rings. The van der Waals surface area contributed by atoms with Gasteiger partial charge in [0.1, 0.15) is 18.5 Å². The molecule has 2 aliphatic heterocycles. The summed E-state index contributed by atoms with van der Waals surface area (Å²) in [6.07, 6.45) is 0.203. The number of halogens is 2. The third-order valence-electron chi connectivity index (χ3n) is 4.22. The largest absolute Gasteiger partial charge is 0.466 e. The molecule has 3 unspecified atom stereocenters. The van der Waals surface area contributed by atoms with Crippen LogP contribution >= 0.6 is 23.8 Å². The topological polar surface area (TPSA) is 41.9 Å². The number of aryl methyl sites for hydroxylation is 1. The lowest BCUT2D eigenvalue weighted by molar-refractivity contribution is 0.0845. The lowest BCUT2D eigenvalue weighted by atomic mass is 10.1. The van der Waals surface area contributed by atoms with Gasteiger partial charge in [-0.05, 0) is 37.2 Å². The second-order valence-corrected chi connectivity index (χ2v) is 6.38. The summed E-state index contributed by atoms with van der Waals surface area (Å²) in [7, 11) is 0. The zero-order chi connectivity index (χ0) is 15.9. The normalized spacial score (nSPS) is 27.1. The summed E-state index contributed by atoms with van der Waals surface area (Å²) >= 11 is 11.3. The molecule has 2 aliphatic rings. The Morgan fingerprint density at radius 1 is 1.59 bits per heavy atom. The van der Waals surface area contributed by atoms with Gasteiger partial charge in [0, 0.05) is 12.1 Å². The number of aliphatic hydroxyl groups is 1. The molecule has 0 aromatic heterocycles. The first-order valence-corrected chi connectivity index (χ1v) is 7.94. The summed E-state index contributed by atoms with van der Waals surface area (Å²) in [5.41, 5.74) is 0.803. The van der Waals surface area contributed by atoms with Crippen LogP contribution in [0.15, 0.2) is 12.1 Å². The summed E-state index contributed by atoms with van der Waals surface area (Å²) in [5, 5.41) is 10.5. The molecule has 3 atom stereocenters. The molecule has 1 N–H and O–H groups in total. The van der Waals surface area contributed by atoms with Crippen LogP contribution in [0.4, 0.5) is 4.39 Å². The Balaban J connectivity index is 1.67. The van der Waals surface area contributed by atoms with E-state index in [0.29, 0.717) is 29.3 Å². The lowest BCUT2D eigenvalue weighted by Gasteiger charge is -2.27. The minimum absolute atomic E-state index is 0.0177. The molecule has 3 rings (SSSR count). The van der Waals surface area contributed by atoms with Crippen molar-refractivity contribution < 1.29 is 19.0 Å². The van der Waals surface area contributed by atoms with Crippen molar-refractivity contribution in [3.05, 3.63) is 34.1 Å². The Kier molecular flexibility index (Phi) is 4.54. The van der Waals surface area contributed by atoms with E-state index in [1.165, 1.54) is 0 Å². The molecule has 0 bridgehead atoms. The van der Waals surface area contributed by atoms with E-state index in [1.807, 2.05) is 4.90 Å². The van der Waals surface area contributed by atoms with E-state index in [4.69, 9.17) is 33.3 Å². The predicted octanol–water partition coefficient (Wildman–Crippen LogP) is 2.42. The van der Waals surface area contributed by atoms with Crippen LogP contribution in [-0.2, 0) is 16.1 Å². The molecule has 0 radical (unpaired) electrons. The van der Waals surface area contributed by atoms with Gasteiger partial charge in [-0.2, -0.15) is 0 Å². The second kappa shape index (κ2) is 6.28. The van der Waals surface area contributed by atoms with E-state index in [2.05, 4.69) is 0 Å². The zero-order valence-corrected chi connectivity index (χ0v) is 13.7. The number of nitrogens with zero attached hydrogens (tertiary/aromatic N) is 1. The number of benzene rings is 1. The number of aliphatic hydroxyl groups excluding tert-OH is 1. The van der Waals surface area contributed by atoms with Gasteiger partial charge in [-0.3, -0.25) is 0 Å². The summed E-state index contributed by atoms with van der Waals surface area (Å²) in [5.74, 6) is -0.376. The maximum Gasteiger partial charge on any atom is 0.260 e. The van der Waals surface area contributed by atoms with Gasteiger partial charge in [0.2, 0.25) is 0 Å². The van der Waals surface area contributed by atoms with Crippen molar-refractivity contribution in [1.82, 2.24) is 4.90 Å². The molecule has 22 heavy (non-hydrogen) atoms. The standard InChI is InChI=1S/C15H17ClFNO3S/c1-8-2-3-10(16)9(13(8)17)6-21-15(22)18-5-4-12-14(18)11(19)7-20-12/h2-3,11-12,14,19H,4-7H2,1H3. The number of hydrogen-bond acceptors (Lipinski definition) is 4. The van der Waals surface area contributed by atoms with Crippen molar-refractivity contribution in [2.24, 2.45) is 0 Å². The van der Waals surface area contributed by atoms with Crippen LogP contribution in [-0.4, -0.2) is 46.6 Å². The molecular weight excluding hydrogens is 329 g/mol. The molecule has 0 spiro atoms. The number of thiocarbonyl (C=S) groups is 1. The van der Waals surface area contributed by atoms with Crippen LogP contribution in [0.1, 0.15) is 17.5 Å². The molecule has 7 heteroatoms. The van der Waals surface area contributed by atoms with Crippen LogP contribution in [0.5, 0.6) is 0 Å². The first-order chi connectivity index (χ1) is 10.5. The van der Waals surface area contributed by atoms with Crippen LogP contribution < -0.4 is 0 Å². The van der Waals surface area contributed by atoms with E-state index in [-0.39, 0.29) is 29.7 Å². The Labute approximate surface area is 138 Å². The van der Waals surface area contributed by atoms with Gasteiger partial charge < -0.3 is 19.5 Å². The Morgan fingerprint density at radius 3 is 3.14 bits per heavy atom. The average molecular weight is 346 g/mol. The highest BCUT2D eigenvalue weighted by molar-refractivity contribution is 7.80. The van der Waals surface area contributed by atoms with Crippen LogP contribution in [0.25, 0.3) is 0 Å². The van der Waals surface area contributed by atoms with Crippen molar-refractivity contribution >= 4 is 29.0 Å². The van der Waals surface area contributed by atoms with Crippen molar-refractivity contribution in [3.63, 3.8) is 0 Å².